The molecule has 0 aliphatic carbocycles. The van der Waals surface area contributed by atoms with Gasteiger partial charge in [-0.3, -0.25) is 0 Å². The molecule has 3 aliphatic rings. The molecule has 3 atom stereocenters. The SMILES string of the molecule is Fc1ccc([C@H]2c3ccccc3CCN2C2=NC[C@H]3CNCC[C@@H]3O2)cc1. The highest BCUT2D eigenvalue weighted by molar-refractivity contribution is 5.76. The van der Waals surface area contributed by atoms with Gasteiger partial charge in [-0.05, 0) is 48.2 Å². The van der Waals surface area contributed by atoms with E-state index in [0.29, 0.717) is 5.92 Å². The molecule has 2 aromatic rings. The van der Waals surface area contributed by atoms with Gasteiger partial charge in [-0.25, -0.2) is 9.38 Å². The highest BCUT2D eigenvalue weighted by Crippen LogP contribution is 2.37. The number of amidine groups is 1. The third kappa shape index (κ3) is 3.10. The van der Waals surface area contributed by atoms with Crippen LogP contribution in [0.3, 0.4) is 0 Å². The lowest BCUT2D eigenvalue weighted by Crippen LogP contribution is -2.51. The summed E-state index contributed by atoms with van der Waals surface area (Å²) in [6.45, 7) is 3.64. The molecule has 0 unspecified atom stereocenters. The molecule has 27 heavy (non-hydrogen) atoms. The van der Waals surface area contributed by atoms with Crippen molar-refractivity contribution in [3.63, 3.8) is 0 Å². The van der Waals surface area contributed by atoms with E-state index in [-0.39, 0.29) is 18.0 Å². The van der Waals surface area contributed by atoms with Gasteiger partial charge in [0.2, 0.25) is 0 Å². The Balaban J connectivity index is 1.52. The first-order chi connectivity index (χ1) is 13.3. The van der Waals surface area contributed by atoms with Crippen molar-refractivity contribution < 1.29 is 9.13 Å². The van der Waals surface area contributed by atoms with Crippen LogP contribution in [-0.4, -0.2) is 43.2 Å². The second-order valence-corrected chi connectivity index (χ2v) is 7.63. The van der Waals surface area contributed by atoms with E-state index in [1.807, 2.05) is 12.1 Å². The number of aliphatic imine (C=N–C) groups is 1. The fraction of sp³-hybridized carbons (Fsp3) is 0.409. The van der Waals surface area contributed by atoms with Crippen molar-refractivity contribution in [3.8, 4) is 0 Å². The lowest BCUT2D eigenvalue weighted by atomic mass is 9.88. The molecule has 0 amide bonds. The first-order valence-corrected chi connectivity index (χ1v) is 9.81. The molecule has 140 valence electrons. The van der Waals surface area contributed by atoms with Crippen LogP contribution in [0.2, 0.25) is 0 Å². The van der Waals surface area contributed by atoms with Gasteiger partial charge in [0, 0.05) is 19.0 Å². The van der Waals surface area contributed by atoms with Crippen LogP contribution in [0.4, 0.5) is 4.39 Å². The number of nitrogens with one attached hydrogen (secondary N) is 1. The van der Waals surface area contributed by atoms with Crippen molar-refractivity contribution >= 4 is 6.02 Å². The summed E-state index contributed by atoms with van der Waals surface area (Å²) < 4.78 is 19.9. The van der Waals surface area contributed by atoms with Gasteiger partial charge in [-0.1, -0.05) is 36.4 Å². The third-order valence-corrected chi connectivity index (χ3v) is 5.97. The molecule has 5 heteroatoms. The highest BCUT2D eigenvalue weighted by atomic mass is 19.1. The summed E-state index contributed by atoms with van der Waals surface area (Å²) in [5.41, 5.74) is 3.68. The average molecular weight is 365 g/mol. The Morgan fingerprint density at radius 2 is 1.96 bits per heavy atom. The van der Waals surface area contributed by atoms with E-state index in [1.54, 1.807) is 0 Å². The zero-order valence-corrected chi connectivity index (χ0v) is 15.3. The summed E-state index contributed by atoms with van der Waals surface area (Å²) in [4.78, 5) is 7.08. The summed E-state index contributed by atoms with van der Waals surface area (Å²) in [5, 5.41) is 3.43. The zero-order chi connectivity index (χ0) is 18.2. The summed E-state index contributed by atoms with van der Waals surface area (Å²) in [6, 6.07) is 16.1. The van der Waals surface area contributed by atoms with Crippen molar-refractivity contribution in [3.05, 3.63) is 71.0 Å². The van der Waals surface area contributed by atoms with E-state index in [1.165, 1.54) is 23.3 Å². The van der Waals surface area contributed by atoms with Crippen molar-refractivity contribution in [1.29, 1.82) is 0 Å². The number of hydrogen-bond acceptors (Lipinski definition) is 4. The van der Waals surface area contributed by atoms with Gasteiger partial charge >= 0.3 is 0 Å². The van der Waals surface area contributed by atoms with Crippen LogP contribution in [-0.2, 0) is 11.2 Å². The minimum absolute atomic E-state index is 0.00701. The molecule has 1 N–H and O–H groups in total. The second-order valence-electron chi connectivity index (χ2n) is 7.63. The van der Waals surface area contributed by atoms with Gasteiger partial charge in [0.05, 0.1) is 12.6 Å². The molecule has 0 radical (unpaired) electrons. The molecule has 5 rings (SSSR count). The monoisotopic (exact) mass is 365 g/mol. The van der Waals surface area contributed by atoms with E-state index in [2.05, 4.69) is 34.5 Å². The van der Waals surface area contributed by atoms with E-state index in [4.69, 9.17) is 9.73 Å². The Labute approximate surface area is 159 Å². The summed E-state index contributed by atoms with van der Waals surface area (Å²) in [6.07, 6.45) is 2.23. The van der Waals surface area contributed by atoms with E-state index < -0.39 is 0 Å². The molecule has 0 bridgehead atoms. The van der Waals surface area contributed by atoms with Crippen LogP contribution in [0.25, 0.3) is 0 Å². The maximum Gasteiger partial charge on any atom is 0.288 e. The number of benzene rings is 2. The predicted molar refractivity (Wildman–Crippen MR) is 103 cm³/mol. The summed E-state index contributed by atoms with van der Waals surface area (Å²) >= 11 is 0. The number of ether oxygens (including phenoxy) is 1. The Kier molecular flexibility index (Phi) is 4.32. The maximum atomic E-state index is 13.5. The fourth-order valence-electron chi connectivity index (χ4n) is 4.54. The smallest absolute Gasteiger partial charge is 0.288 e. The number of halogens is 1. The third-order valence-electron chi connectivity index (χ3n) is 5.97. The molecule has 0 saturated carbocycles. The average Bonchev–Trinajstić information content (AvgIpc) is 2.73. The minimum Gasteiger partial charge on any atom is -0.461 e. The fourth-order valence-corrected chi connectivity index (χ4v) is 4.54. The molecule has 0 spiro atoms. The second kappa shape index (κ2) is 6.97. The van der Waals surface area contributed by atoms with Crippen LogP contribution >= 0.6 is 0 Å². The molecule has 3 heterocycles. The van der Waals surface area contributed by atoms with Crippen LogP contribution in [0.5, 0.6) is 0 Å². The first kappa shape index (κ1) is 16.8. The first-order valence-electron chi connectivity index (χ1n) is 9.81. The molecule has 2 aromatic carbocycles. The molecular weight excluding hydrogens is 341 g/mol. The van der Waals surface area contributed by atoms with Crippen LogP contribution in [0.1, 0.15) is 29.2 Å². The Morgan fingerprint density at radius 3 is 2.85 bits per heavy atom. The molecule has 1 saturated heterocycles. The van der Waals surface area contributed by atoms with Crippen molar-refractivity contribution in [1.82, 2.24) is 10.2 Å². The van der Waals surface area contributed by atoms with E-state index in [0.717, 1.165) is 50.6 Å². The van der Waals surface area contributed by atoms with Crippen molar-refractivity contribution in [2.24, 2.45) is 10.9 Å². The standard InChI is InChI=1S/C22H24FN3O/c23-18-7-5-16(6-8-18)21-19-4-2-1-3-15(19)10-12-26(21)22-25-14-17-13-24-11-9-20(17)27-22/h1-8,17,20-21,24H,9-14H2/t17-,20+,21+/m1/s1. The number of rotatable bonds is 1. The minimum atomic E-state index is -0.210. The Morgan fingerprint density at radius 1 is 1.11 bits per heavy atom. The van der Waals surface area contributed by atoms with Crippen LogP contribution in [0.15, 0.2) is 53.5 Å². The predicted octanol–water partition coefficient (Wildman–Crippen LogP) is 3.14. The quantitative estimate of drug-likeness (QED) is 0.844. The molecule has 4 nitrogen and oxygen atoms in total. The van der Waals surface area contributed by atoms with Crippen molar-refractivity contribution in [2.75, 3.05) is 26.2 Å². The molecule has 0 aromatic heterocycles. The van der Waals surface area contributed by atoms with E-state index in [9.17, 15) is 4.39 Å². The molecule has 1 fully saturated rings. The number of hydrogen-bond donors (Lipinski definition) is 1. The van der Waals surface area contributed by atoms with Gasteiger partial charge in [-0.15, -0.1) is 0 Å². The van der Waals surface area contributed by atoms with Gasteiger partial charge in [0.1, 0.15) is 11.9 Å². The maximum absolute atomic E-state index is 13.5. The van der Waals surface area contributed by atoms with E-state index >= 15 is 0 Å². The largest absolute Gasteiger partial charge is 0.461 e. The number of nitrogens with zero attached hydrogens (tertiary/aromatic N) is 2. The normalized spacial score (nSPS) is 27.2. The summed E-state index contributed by atoms with van der Waals surface area (Å²) in [7, 11) is 0. The number of fused-ring (bicyclic) bond motifs is 2. The lowest BCUT2D eigenvalue weighted by molar-refractivity contribution is 0.0522. The molecule has 3 aliphatic heterocycles. The van der Waals surface area contributed by atoms with Gasteiger partial charge in [0.25, 0.3) is 6.02 Å². The molecular formula is C22H24FN3O. The van der Waals surface area contributed by atoms with Crippen molar-refractivity contribution in [2.45, 2.75) is 25.0 Å². The Bertz CT molecular complexity index is 851. The van der Waals surface area contributed by atoms with Gasteiger partial charge in [0.15, 0.2) is 0 Å². The topological polar surface area (TPSA) is 36.9 Å². The van der Waals surface area contributed by atoms with Crippen LogP contribution in [0, 0.1) is 11.7 Å². The highest BCUT2D eigenvalue weighted by Gasteiger charge is 2.37. The van der Waals surface area contributed by atoms with Gasteiger partial charge in [-0.2, -0.15) is 0 Å². The zero-order valence-electron chi connectivity index (χ0n) is 15.3. The lowest BCUT2D eigenvalue weighted by Gasteiger charge is -2.43. The summed E-state index contributed by atoms with van der Waals surface area (Å²) in [5.74, 6) is 0.252. The van der Waals surface area contributed by atoms with Crippen LogP contribution < -0.4 is 5.32 Å². The Hall–Kier alpha value is -2.40. The number of piperidine rings is 1. The van der Waals surface area contributed by atoms with Gasteiger partial charge < -0.3 is 15.0 Å².